The van der Waals surface area contributed by atoms with Crippen molar-refractivity contribution >= 4 is 0 Å². The van der Waals surface area contributed by atoms with Crippen LogP contribution in [0.2, 0.25) is 0 Å². The zero-order chi connectivity index (χ0) is 11.8. The second-order valence-electron chi connectivity index (χ2n) is 6.43. The van der Waals surface area contributed by atoms with Crippen molar-refractivity contribution in [3.05, 3.63) is 0 Å². The van der Waals surface area contributed by atoms with Crippen LogP contribution in [0, 0.1) is 11.3 Å². The minimum atomic E-state index is -0.120. The van der Waals surface area contributed by atoms with Crippen LogP contribution in [-0.2, 0) is 0 Å². The monoisotopic (exact) mass is 225 g/mol. The molecule has 2 aliphatic rings. The third-order valence-electron chi connectivity index (χ3n) is 4.95. The summed E-state index contributed by atoms with van der Waals surface area (Å²) >= 11 is 0. The highest BCUT2D eigenvalue weighted by Gasteiger charge is 2.43. The van der Waals surface area contributed by atoms with Crippen molar-refractivity contribution < 1.29 is 5.11 Å². The number of likely N-dealkylation sites (tertiary alicyclic amines) is 1. The van der Waals surface area contributed by atoms with Gasteiger partial charge in [-0.2, -0.15) is 0 Å². The standard InChI is InChI=1S/C14H27NO/c1-4-11-6-9-15(10-7-11)12-5-8-14(2,3)13(12)16/h11-13,16H,4-10H2,1-3H3. The maximum absolute atomic E-state index is 10.4. The van der Waals surface area contributed by atoms with Gasteiger partial charge in [-0.3, -0.25) is 4.90 Å². The van der Waals surface area contributed by atoms with Crippen molar-refractivity contribution in [2.24, 2.45) is 11.3 Å². The summed E-state index contributed by atoms with van der Waals surface area (Å²) in [7, 11) is 0. The van der Waals surface area contributed by atoms with Gasteiger partial charge in [-0.25, -0.2) is 0 Å². The molecule has 2 unspecified atom stereocenters. The fourth-order valence-electron chi connectivity index (χ4n) is 3.42. The van der Waals surface area contributed by atoms with Crippen LogP contribution in [0.25, 0.3) is 0 Å². The lowest BCUT2D eigenvalue weighted by Crippen LogP contribution is -2.47. The lowest BCUT2D eigenvalue weighted by Gasteiger charge is -2.38. The molecule has 16 heavy (non-hydrogen) atoms. The van der Waals surface area contributed by atoms with Crippen LogP contribution in [0.1, 0.15) is 52.9 Å². The van der Waals surface area contributed by atoms with E-state index in [0.717, 1.165) is 5.92 Å². The van der Waals surface area contributed by atoms with E-state index in [0.29, 0.717) is 6.04 Å². The van der Waals surface area contributed by atoms with E-state index < -0.39 is 0 Å². The van der Waals surface area contributed by atoms with Gasteiger partial charge in [0.25, 0.3) is 0 Å². The molecule has 1 saturated heterocycles. The van der Waals surface area contributed by atoms with Crippen LogP contribution in [0.15, 0.2) is 0 Å². The van der Waals surface area contributed by atoms with Crippen molar-refractivity contribution in [1.29, 1.82) is 0 Å². The van der Waals surface area contributed by atoms with Gasteiger partial charge in [0.15, 0.2) is 0 Å². The SMILES string of the molecule is CCC1CCN(C2CCC(C)(C)C2O)CC1. The smallest absolute Gasteiger partial charge is 0.0746 e. The van der Waals surface area contributed by atoms with E-state index in [9.17, 15) is 5.11 Å². The predicted molar refractivity (Wildman–Crippen MR) is 67.4 cm³/mol. The Labute approximate surface area is 100 Å². The summed E-state index contributed by atoms with van der Waals surface area (Å²) in [6.45, 7) is 9.12. The van der Waals surface area contributed by atoms with Crippen molar-refractivity contribution in [3.63, 3.8) is 0 Å². The highest BCUT2D eigenvalue weighted by atomic mass is 16.3. The topological polar surface area (TPSA) is 23.5 Å². The van der Waals surface area contributed by atoms with Gasteiger partial charge in [-0.1, -0.05) is 27.2 Å². The van der Waals surface area contributed by atoms with E-state index >= 15 is 0 Å². The summed E-state index contributed by atoms with van der Waals surface area (Å²) in [6.07, 6.45) is 6.23. The third-order valence-corrected chi connectivity index (χ3v) is 4.95. The number of aliphatic hydroxyl groups excluding tert-OH is 1. The Hall–Kier alpha value is -0.0800. The quantitative estimate of drug-likeness (QED) is 0.781. The summed E-state index contributed by atoms with van der Waals surface area (Å²) in [4.78, 5) is 2.55. The highest BCUT2D eigenvalue weighted by Crippen LogP contribution is 2.40. The summed E-state index contributed by atoms with van der Waals surface area (Å²) in [5, 5.41) is 10.4. The Morgan fingerprint density at radius 3 is 2.25 bits per heavy atom. The molecule has 0 radical (unpaired) electrons. The molecular formula is C14H27NO. The molecule has 0 bridgehead atoms. The van der Waals surface area contributed by atoms with Gasteiger partial charge in [-0.05, 0) is 50.1 Å². The molecule has 2 heteroatoms. The average molecular weight is 225 g/mol. The Kier molecular flexibility index (Phi) is 3.60. The van der Waals surface area contributed by atoms with Crippen LogP contribution in [0.4, 0.5) is 0 Å². The third kappa shape index (κ3) is 2.28. The lowest BCUT2D eigenvalue weighted by atomic mass is 9.88. The van der Waals surface area contributed by atoms with Gasteiger partial charge in [0.2, 0.25) is 0 Å². The van der Waals surface area contributed by atoms with Crippen LogP contribution in [-0.4, -0.2) is 35.2 Å². The minimum Gasteiger partial charge on any atom is -0.391 e. The summed E-state index contributed by atoms with van der Waals surface area (Å²) in [5.74, 6) is 0.933. The van der Waals surface area contributed by atoms with E-state index in [1.807, 2.05) is 0 Å². The number of nitrogens with zero attached hydrogens (tertiary/aromatic N) is 1. The van der Waals surface area contributed by atoms with Gasteiger partial charge in [0.1, 0.15) is 0 Å². The molecule has 0 amide bonds. The van der Waals surface area contributed by atoms with Crippen LogP contribution in [0.5, 0.6) is 0 Å². The predicted octanol–water partition coefficient (Wildman–Crippen LogP) is 2.66. The summed E-state index contributed by atoms with van der Waals surface area (Å²) in [5.41, 5.74) is 0.131. The van der Waals surface area contributed by atoms with Crippen LogP contribution < -0.4 is 0 Å². The molecule has 2 rings (SSSR count). The van der Waals surface area contributed by atoms with Crippen molar-refractivity contribution in [2.75, 3.05) is 13.1 Å². The molecule has 0 aromatic rings. The molecule has 1 saturated carbocycles. The van der Waals surface area contributed by atoms with E-state index in [4.69, 9.17) is 0 Å². The van der Waals surface area contributed by atoms with Gasteiger partial charge in [0, 0.05) is 6.04 Å². The molecule has 1 N–H and O–H groups in total. The summed E-state index contributed by atoms with van der Waals surface area (Å²) in [6, 6.07) is 0.438. The molecule has 2 nitrogen and oxygen atoms in total. The Balaban J connectivity index is 1.90. The highest BCUT2D eigenvalue weighted by molar-refractivity contribution is 4.97. The molecule has 2 fully saturated rings. The molecule has 0 aromatic carbocycles. The van der Waals surface area contributed by atoms with Crippen molar-refractivity contribution in [2.45, 2.75) is 65.0 Å². The van der Waals surface area contributed by atoms with Crippen molar-refractivity contribution in [1.82, 2.24) is 4.90 Å². The Morgan fingerprint density at radius 1 is 1.19 bits per heavy atom. The zero-order valence-electron chi connectivity index (χ0n) is 11.1. The number of rotatable bonds is 2. The second-order valence-corrected chi connectivity index (χ2v) is 6.43. The normalized spacial score (nSPS) is 36.8. The van der Waals surface area contributed by atoms with E-state index in [1.165, 1.54) is 45.2 Å². The molecule has 94 valence electrons. The van der Waals surface area contributed by atoms with E-state index in [-0.39, 0.29) is 11.5 Å². The molecule has 2 atom stereocenters. The fourth-order valence-corrected chi connectivity index (χ4v) is 3.42. The van der Waals surface area contributed by atoms with Crippen molar-refractivity contribution in [3.8, 4) is 0 Å². The first-order valence-electron chi connectivity index (χ1n) is 6.96. The minimum absolute atomic E-state index is 0.120. The Morgan fingerprint density at radius 2 is 1.81 bits per heavy atom. The van der Waals surface area contributed by atoms with Gasteiger partial charge >= 0.3 is 0 Å². The first-order valence-corrected chi connectivity index (χ1v) is 6.96. The maximum atomic E-state index is 10.4. The number of hydrogen-bond acceptors (Lipinski definition) is 2. The largest absolute Gasteiger partial charge is 0.391 e. The number of aliphatic hydroxyl groups is 1. The number of piperidine rings is 1. The molecular weight excluding hydrogens is 198 g/mol. The maximum Gasteiger partial charge on any atom is 0.0746 e. The summed E-state index contributed by atoms with van der Waals surface area (Å²) < 4.78 is 0. The second kappa shape index (κ2) is 4.66. The molecule has 1 aliphatic carbocycles. The average Bonchev–Trinajstić information content (AvgIpc) is 2.55. The zero-order valence-corrected chi connectivity index (χ0v) is 11.1. The van der Waals surface area contributed by atoms with Gasteiger partial charge < -0.3 is 5.11 Å². The van der Waals surface area contributed by atoms with E-state index in [2.05, 4.69) is 25.7 Å². The molecule has 0 spiro atoms. The van der Waals surface area contributed by atoms with Crippen LogP contribution in [0.3, 0.4) is 0 Å². The fraction of sp³-hybridized carbons (Fsp3) is 1.00. The molecule has 1 heterocycles. The first kappa shape index (κ1) is 12.4. The number of hydrogen-bond donors (Lipinski definition) is 1. The Bertz CT molecular complexity index is 231. The molecule has 1 aliphatic heterocycles. The van der Waals surface area contributed by atoms with Gasteiger partial charge in [-0.15, -0.1) is 0 Å². The van der Waals surface area contributed by atoms with Crippen LogP contribution >= 0.6 is 0 Å². The first-order chi connectivity index (χ1) is 7.54. The molecule has 0 aromatic heterocycles. The van der Waals surface area contributed by atoms with Gasteiger partial charge in [0.05, 0.1) is 6.10 Å². The van der Waals surface area contributed by atoms with E-state index in [1.54, 1.807) is 0 Å². The lowest BCUT2D eigenvalue weighted by molar-refractivity contribution is 0.00271.